The van der Waals surface area contributed by atoms with Crippen molar-refractivity contribution < 1.29 is 19.0 Å². The number of H-pyrrole nitrogens is 1. The Bertz CT molecular complexity index is 1350. The molecule has 2 aromatic heterocycles. The molecular weight excluding hydrogens is 494 g/mol. The van der Waals surface area contributed by atoms with E-state index in [2.05, 4.69) is 31.5 Å². The first-order valence-electron chi connectivity index (χ1n) is 11.3. The number of pyridine rings is 1. The van der Waals surface area contributed by atoms with Gasteiger partial charge in [-0.15, -0.1) is 0 Å². The molecule has 0 bridgehead atoms. The van der Waals surface area contributed by atoms with Crippen molar-refractivity contribution in [1.29, 1.82) is 0 Å². The number of aromatic amines is 1. The fourth-order valence-corrected chi connectivity index (χ4v) is 4.95. The quantitative estimate of drug-likeness (QED) is 0.481. The fraction of sp³-hybridized carbons (Fsp3) is 0.222. The molecule has 0 saturated heterocycles. The molecule has 172 valence electrons. The van der Waals surface area contributed by atoms with E-state index in [1.165, 1.54) is 0 Å². The smallest absolute Gasteiger partial charge is 0.337 e. The molecule has 34 heavy (non-hydrogen) atoms. The molecule has 0 radical (unpaired) electrons. The van der Waals surface area contributed by atoms with Gasteiger partial charge in [-0.2, -0.15) is 0 Å². The summed E-state index contributed by atoms with van der Waals surface area (Å²) in [6.45, 7) is 3.84. The summed E-state index contributed by atoms with van der Waals surface area (Å²) < 4.78 is 7.27. The van der Waals surface area contributed by atoms with Crippen LogP contribution in [0.3, 0.4) is 0 Å². The van der Waals surface area contributed by atoms with Gasteiger partial charge < -0.3 is 9.73 Å². The Morgan fingerprint density at radius 2 is 1.91 bits per heavy atom. The standard InChI is InChI=1S/C27H24BrN3O3/c1-15-12-13-29-23(14-15)31-27(33)24-16(2)30-19-4-3-5-20(32)25(19)26(24)22-11-10-21(34-22)17-6-8-18(28)9-7-17/h6-14,26,30H,3-5H2,1-2H3,(H,29,31,33)/p+1. The Kier molecular flexibility index (Phi) is 5.96. The molecule has 3 N–H and O–H groups in total. The number of aromatic nitrogens is 1. The van der Waals surface area contributed by atoms with Gasteiger partial charge in [0.1, 0.15) is 11.5 Å². The largest absolute Gasteiger partial charge is 0.460 e. The summed E-state index contributed by atoms with van der Waals surface area (Å²) in [4.78, 5) is 29.7. The summed E-state index contributed by atoms with van der Waals surface area (Å²) in [5.74, 6) is 1.08. The monoisotopic (exact) mass is 518 g/mol. The van der Waals surface area contributed by atoms with Crippen molar-refractivity contribution in [2.45, 2.75) is 39.0 Å². The third-order valence-corrected chi connectivity index (χ3v) is 6.79. The van der Waals surface area contributed by atoms with E-state index in [1.54, 1.807) is 6.20 Å². The molecule has 1 atom stereocenters. The Labute approximate surface area is 206 Å². The number of allylic oxidation sites excluding steroid dienone is 3. The number of dihydropyridines is 1. The Morgan fingerprint density at radius 1 is 1.12 bits per heavy atom. The second-order valence-electron chi connectivity index (χ2n) is 8.71. The minimum atomic E-state index is -0.571. The molecule has 3 aromatic rings. The van der Waals surface area contributed by atoms with Crippen LogP contribution in [-0.2, 0) is 9.59 Å². The summed E-state index contributed by atoms with van der Waals surface area (Å²) >= 11 is 3.46. The first-order chi connectivity index (χ1) is 16.4. The van der Waals surface area contributed by atoms with E-state index in [9.17, 15) is 9.59 Å². The first-order valence-corrected chi connectivity index (χ1v) is 12.1. The molecule has 2 aliphatic rings. The number of Topliss-reactive ketones (excluding diaryl/α,β-unsaturated/α-hetero) is 1. The highest BCUT2D eigenvalue weighted by Crippen LogP contribution is 2.43. The van der Waals surface area contributed by atoms with Crippen molar-refractivity contribution in [3.63, 3.8) is 0 Å². The van der Waals surface area contributed by atoms with Crippen molar-refractivity contribution >= 4 is 33.4 Å². The van der Waals surface area contributed by atoms with E-state index in [1.807, 2.05) is 62.4 Å². The summed E-state index contributed by atoms with van der Waals surface area (Å²) in [5, 5.41) is 6.31. The van der Waals surface area contributed by atoms with Gasteiger partial charge in [0, 0.05) is 39.5 Å². The molecule has 5 rings (SSSR count). The van der Waals surface area contributed by atoms with Crippen LogP contribution in [0.4, 0.5) is 5.82 Å². The highest BCUT2D eigenvalue weighted by atomic mass is 79.9. The predicted molar refractivity (Wildman–Crippen MR) is 133 cm³/mol. The zero-order valence-corrected chi connectivity index (χ0v) is 20.6. The third-order valence-electron chi connectivity index (χ3n) is 6.27. The Morgan fingerprint density at radius 3 is 2.68 bits per heavy atom. The minimum absolute atomic E-state index is 0.0558. The maximum absolute atomic E-state index is 13.6. The molecule has 6 nitrogen and oxygen atoms in total. The normalized spacial score (nSPS) is 18.0. The van der Waals surface area contributed by atoms with Gasteiger partial charge in [-0.05, 0) is 62.6 Å². The topological polar surface area (TPSA) is 85.5 Å². The molecule has 3 heterocycles. The molecule has 1 amide bonds. The van der Waals surface area contributed by atoms with Crippen LogP contribution in [0.15, 0.2) is 86.2 Å². The number of halogens is 1. The number of ketones is 1. The van der Waals surface area contributed by atoms with Gasteiger partial charge in [-0.25, -0.2) is 15.1 Å². The second-order valence-corrected chi connectivity index (χ2v) is 9.62. The number of anilines is 1. The molecule has 1 unspecified atom stereocenters. The molecule has 0 spiro atoms. The number of carbonyl (C=O) groups excluding carboxylic acids is 2. The van der Waals surface area contributed by atoms with E-state index in [-0.39, 0.29) is 11.7 Å². The van der Waals surface area contributed by atoms with Crippen LogP contribution in [0.25, 0.3) is 11.3 Å². The van der Waals surface area contributed by atoms with E-state index in [0.29, 0.717) is 34.9 Å². The minimum Gasteiger partial charge on any atom is -0.460 e. The molecule has 0 saturated carbocycles. The maximum Gasteiger partial charge on any atom is 0.337 e. The predicted octanol–water partition coefficient (Wildman–Crippen LogP) is 5.44. The van der Waals surface area contributed by atoms with Gasteiger partial charge in [-0.3, -0.25) is 4.79 Å². The van der Waals surface area contributed by atoms with Gasteiger partial charge in [0.2, 0.25) is 0 Å². The Balaban J connectivity index is 1.57. The summed E-state index contributed by atoms with van der Waals surface area (Å²) in [7, 11) is 0. The number of hydrogen-bond acceptors (Lipinski definition) is 4. The number of rotatable bonds is 4. The van der Waals surface area contributed by atoms with E-state index in [0.717, 1.165) is 39.8 Å². The van der Waals surface area contributed by atoms with Crippen LogP contribution >= 0.6 is 15.9 Å². The number of aryl methyl sites for hydroxylation is 1. The fourth-order valence-electron chi connectivity index (χ4n) is 4.69. The van der Waals surface area contributed by atoms with Crippen LogP contribution < -0.4 is 15.6 Å². The molecule has 1 aromatic carbocycles. The number of amides is 1. The first kappa shape index (κ1) is 22.3. The molecule has 1 aliphatic carbocycles. The van der Waals surface area contributed by atoms with Crippen LogP contribution in [-0.4, -0.2) is 11.7 Å². The summed E-state index contributed by atoms with van der Waals surface area (Å²) in [6, 6.07) is 15.4. The van der Waals surface area contributed by atoms with E-state index in [4.69, 9.17) is 4.42 Å². The zero-order valence-electron chi connectivity index (χ0n) is 19.0. The lowest BCUT2D eigenvalue weighted by Crippen LogP contribution is -2.36. The van der Waals surface area contributed by atoms with Crippen molar-refractivity contribution in [2.24, 2.45) is 0 Å². The van der Waals surface area contributed by atoms with Crippen LogP contribution in [0, 0.1) is 6.92 Å². The average molecular weight is 519 g/mol. The highest BCUT2D eigenvalue weighted by Gasteiger charge is 2.41. The van der Waals surface area contributed by atoms with Crippen molar-refractivity contribution in [2.75, 3.05) is 5.32 Å². The SMILES string of the molecule is CC1=C(C(=O)Nc2cc(C)cc[nH+]2)C(c2ccc(-c3ccc(Br)cc3)o2)C2=C(CCCC2=O)N1. The number of furan rings is 1. The van der Waals surface area contributed by atoms with Gasteiger partial charge in [0.25, 0.3) is 5.82 Å². The van der Waals surface area contributed by atoms with Crippen LogP contribution in [0.2, 0.25) is 0 Å². The van der Waals surface area contributed by atoms with Gasteiger partial charge in [0.15, 0.2) is 5.78 Å². The number of benzene rings is 1. The van der Waals surface area contributed by atoms with Crippen molar-refractivity contribution in [1.82, 2.24) is 5.32 Å². The van der Waals surface area contributed by atoms with Crippen molar-refractivity contribution in [3.8, 4) is 11.3 Å². The average Bonchev–Trinajstić information content (AvgIpc) is 3.29. The Hall–Kier alpha value is -3.45. The van der Waals surface area contributed by atoms with Crippen LogP contribution in [0.1, 0.15) is 43.4 Å². The molecule has 1 aliphatic heterocycles. The zero-order chi connectivity index (χ0) is 23.8. The molecular formula is C27H25BrN3O3+. The number of nitrogens with one attached hydrogen (secondary N) is 3. The molecule has 7 heteroatoms. The molecule has 0 fully saturated rings. The maximum atomic E-state index is 13.6. The van der Waals surface area contributed by atoms with Crippen molar-refractivity contribution in [3.05, 3.63) is 93.1 Å². The highest BCUT2D eigenvalue weighted by molar-refractivity contribution is 9.10. The van der Waals surface area contributed by atoms with Crippen LogP contribution in [0.5, 0.6) is 0 Å². The van der Waals surface area contributed by atoms with E-state index >= 15 is 0 Å². The number of hydrogen-bond donors (Lipinski definition) is 2. The van der Waals surface area contributed by atoms with E-state index < -0.39 is 5.92 Å². The lowest BCUT2D eigenvalue weighted by Gasteiger charge is -2.32. The number of carbonyl (C=O) groups is 2. The third kappa shape index (κ3) is 4.23. The van der Waals surface area contributed by atoms with Gasteiger partial charge in [0.05, 0.1) is 17.7 Å². The second kappa shape index (κ2) is 9.06. The summed E-state index contributed by atoms with van der Waals surface area (Å²) in [6.07, 6.45) is 3.82. The van der Waals surface area contributed by atoms with Gasteiger partial charge in [-0.1, -0.05) is 28.1 Å². The lowest BCUT2D eigenvalue weighted by atomic mass is 9.77. The lowest BCUT2D eigenvalue weighted by molar-refractivity contribution is -0.360. The summed E-state index contributed by atoms with van der Waals surface area (Å²) in [5.41, 5.74) is 4.68. The van der Waals surface area contributed by atoms with Gasteiger partial charge >= 0.3 is 5.91 Å².